The van der Waals surface area contributed by atoms with Crippen molar-refractivity contribution in [1.82, 2.24) is 9.36 Å². The van der Waals surface area contributed by atoms with Crippen LogP contribution in [-0.4, -0.2) is 27.0 Å². The monoisotopic (exact) mass is 349 g/mol. The molecule has 0 spiro atoms. The molecule has 7 nitrogen and oxygen atoms in total. The van der Waals surface area contributed by atoms with Gasteiger partial charge in [-0.05, 0) is 35.8 Å². The predicted molar refractivity (Wildman–Crippen MR) is 92.1 cm³/mol. The first kappa shape index (κ1) is 16.5. The fourth-order valence-electron chi connectivity index (χ4n) is 2.23. The van der Waals surface area contributed by atoms with Crippen molar-refractivity contribution in [2.24, 2.45) is 10.2 Å². The Morgan fingerprint density at radius 2 is 2.04 bits per heavy atom. The van der Waals surface area contributed by atoms with Gasteiger partial charge in [0.25, 0.3) is 0 Å². The van der Waals surface area contributed by atoms with Crippen LogP contribution in [0.5, 0.6) is 0 Å². The van der Waals surface area contributed by atoms with Crippen LogP contribution >= 0.6 is 11.5 Å². The van der Waals surface area contributed by atoms with Gasteiger partial charge in [0.15, 0.2) is 10.8 Å². The molecule has 0 amide bonds. The van der Waals surface area contributed by atoms with Gasteiger partial charge in [-0.15, -0.1) is 5.11 Å². The molecule has 0 aliphatic rings. The van der Waals surface area contributed by atoms with Crippen molar-refractivity contribution in [1.29, 1.82) is 5.26 Å². The van der Waals surface area contributed by atoms with Gasteiger partial charge in [-0.25, -0.2) is 0 Å². The minimum Gasteiger partial charge on any atom is -0.293 e. The summed E-state index contributed by atoms with van der Waals surface area (Å²) in [4.78, 5) is 28.1. The highest BCUT2D eigenvalue weighted by Gasteiger charge is 2.24. The van der Waals surface area contributed by atoms with Crippen LogP contribution in [0.4, 0.5) is 5.00 Å². The van der Waals surface area contributed by atoms with Gasteiger partial charge in [-0.2, -0.15) is 14.7 Å². The SMILES string of the molecule is CC(=O)c1ncccc1C(=O)C(C#N)/N=N/c1snc2ccccc12. The van der Waals surface area contributed by atoms with Crippen molar-refractivity contribution in [3.63, 3.8) is 0 Å². The molecular weight excluding hydrogens is 338 g/mol. The third kappa shape index (κ3) is 3.32. The number of carbonyl (C=O) groups is 2. The molecule has 0 bridgehead atoms. The maximum absolute atomic E-state index is 12.5. The van der Waals surface area contributed by atoms with Gasteiger partial charge in [-0.1, -0.05) is 12.1 Å². The van der Waals surface area contributed by atoms with Crippen molar-refractivity contribution in [2.45, 2.75) is 13.0 Å². The maximum Gasteiger partial charge on any atom is 0.220 e. The molecule has 0 radical (unpaired) electrons. The Labute approximate surface area is 146 Å². The molecule has 3 rings (SSSR count). The standard InChI is InChI=1S/C17H11N5O2S/c1-10(23)15-12(6-4-8-19-15)16(24)14(9-18)20-21-17-11-5-2-3-7-13(11)22-25-17/h2-8,14H,1H3/b21-20+. The summed E-state index contributed by atoms with van der Waals surface area (Å²) in [5.74, 6) is -0.968. The van der Waals surface area contributed by atoms with Gasteiger partial charge in [-0.3, -0.25) is 14.6 Å². The van der Waals surface area contributed by atoms with Crippen LogP contribution in [0.1, 0.15) is 27.8 Å². The molecule has 1 unspecified atom stereocenters. The van der Waals surface area contributed by atoms with Crippen LogP contribution in [0.3, 0.4) is 0 Å². The van der Waals surface area contributed by atoms with Crippen LogP contribution < -0.4 is 0 Å². The number of benzene rings is 1. The summed E-state index contributed by atoms with van der Waals surface area (Å²) in [5.41, 5.74) is 0.855. The summed E-state index contributed by atoms with van der Waals surface area (Å²) in [6, 6.07) is 10.8. The van der Waals surface area contributed by atoms with E-state index in [-0.39, 0.29) is 17.0 Å². The third-order valence-electron chi connectivity index (χ3n) is 3.41. The van der Waals surface area contributed by atoms with E-state index in [1.807, 2.05) is 30.3 Å². The lowest BCUT2D eigenvalue weighted by atomic mass is 10.0. The minimum atomic E-state index is -1.36. The van der Waals surface area contributed by atoms with Gasteiger partial charge in [0, 0.05) is 18.5 Å². The molecule has 0 saturated carbocycles. The molecule has 3 aromatic rings. The molecule has 0 saturated heterocycles. The highest BCUT2D eigenvalue weighted by Crippen LogP contribution is 2.30. The summed E-state index contributed by atoms with van der Waals surface area (Å²) in [6.07, 6.45) is 1.42. The van der Waals surface area contributed by atoms with E-state index in [1.54, 1.807) is 0 Å². The summed E-state index contributed by atoms with van der Waals surface area (Å²) in [7, 11) is 0. The van der Waals surface area contributed by atoms with E-state index in [0.717, 1.165) is 22.4 Å². The topological polar surface area (TPSA) is 108 Å². The largest absolute Gasteiger partial charge is 0.293 e. The smallest absolute Gasteiger partial charge is 0.220 e. The van der Waals surface area contributed by atoms with E-state index in [1.165, 1.54) is 25.3 Å². The first-order valence-electron chi connectivity index (χ1n) is 7.27. The fourth-order valence-corrected chi connectivity index (χ4v) is 2.93. The molecule has 2 aromatic heterocycles. The number of azo groups is 1. The summed E-state index contributed by atoms with van der Waals surface area (Å²) < 4.78 is 4.23. The zero-order chi connectivity index (χ0) is 17.8. The van der Waals surface area contributed by atoms with Crippen molar-refractivity contribution in [2.75, 3.05) is 0 Å². The molecule has 2 heterocycles. The molecule has 25 heavy (non-hydrogen) atoms. The Morgan fingerprint density at radius 3 is 2.80 bits per heavy atom. The van der Waals surface area contributed by atoms with Crippen molar-refractivity contribution in [3.8, 4) is 6.07 Å². The molecule has 0 aliphatic heterocycles. The fraction of sp³-hybridized carbons (Fsp3) is 0.118. The number of carbonyl (C=O) groups excluding carboxylic acids is 2. The van der Waals surface area contributed by atoms with Gasteiger partial charge >= 0.3 is 0 Å². The molecule has 8 heteroatoms. The van der Waals surface area contributed by atoms with Crippen LogP contribution in [0, 0.1) is 11.3 Å². The number of fused-ring (bicyclic) bond motifs is 1. The number of hydrogen-bond acceptors (Lipinski definition) is 8. The van der Waals surface area contributed by atoms with Crippen LogP contribution in [0.25, 0.3) is 10.9 Å². The van der Waals surface area contributed by atoms with Crippen LogP contribution in [0.15, 0.2) is 52.8 Å². The molecule has 1 atom stereocenters. The second kappa shape index (κ2) is 7.07. The van der Waals surface area contributed by atoms with E-state index >= 15 is 0 Å². The van der Waals surface area contributed by atoms with E-state index in [4.69, 9.17) is 0 Å². The van der Waals surface area contributed by atoms with Crippen molar-refractivity contribution < 1.29 is 9.59 Å². The second-order valence-electron chi connectivity index (χ2n) is 5.07. The Hall–Kier alpha value is -3.31. The highest BCUT2D eigenvalue weighted by atomic mass is 32.1. The minimum absolute atomic E-state index is 0.0196. The zero-order valence-corrected chi connectivity index (χ0v) is 13.9. The Morgan fingerprint density at radius 1 is 1.24 bits per heavy atom. The Bertz CT molecular complexity index is 1030. The molecule has 0 N–H and O–H groups in total. The number of aromatic nitrogens is 2. The van der Waals surface area contributed by atoms with Crippen molar-refractivity contribution >= 4 is 39.0 Å². The lowest BCUT2D eigenvalue weighted by molar-refractivity contribution is 0.0956. The Balaban J connectivity index is 1.92. The van der Waals surface area contributed by atoms with Gasteiger partial charge < -0.3 is 0 Å². The first-order valence-corrected chi connectivity index (χ1v) is 8.04. The number of nitrogens with zero attached hydrogens (tertiary/aromatic N) is 5. The van der Waals surface area contributed by atoms with Gasteiger partial charge in [0.05, 0.1) is 17.1 Å². The average Bonchev–Trinajstić information content (AvgIpc) is 3.05. The Kier molecular flexibility index (Phi) is 4.68. The third-order valence-corrected chi connectivity index (χ3v) is 4.17. The number of pyridine rings is 1. The van der Waals surface area contributed by atoms with Crippen LogP contribution in [0.2, 0.25) is 0 Å². The van der Waals surface area contributed by atoms with Gasteiger partial charge in [0.1, 0.15) is 5.69 Å². The number of rotatable bonds is 5. The second-order valence-corrected chi connectivity index (χ2v) is 5.82. The zero-order valence-electron chi connectivity index (χ0n) is 13.1. The lowest BCUT2D eigenvalue weighted by Crippen LogP contribution is -2.19. The molecule has 122 valence electrons. The molecular formula is C17H11N5O2S. The molecule has 0 aliphatic carbocycles. The normalized spacial score (nSPS) is 12.2. The summed E-state index contributed by atoms with van der Waals surface area (Å²) in [6.45, 7) is 1.31. The van der Waals surface area contributed by atoms with Gasteiger partial charge in [0.2, 0.25) is 11.8 Å². The maximum atomic E-state index is 12.5. The van der Waals surface area contributed by atoms with E-state index < -0.39 is 11.8 Å². The summed E-state index contributed by atoms with van der Waals surface area (Å²) >= 11 is 1.13. The number of Topliss-reactive ketones (excluding diaryl/α,β-unsaturated/α-hetero) is 2. The quantitative estimate of drug-likeness (QED) is 0.515. The van der Waals surface area contributed by atoms with Crippen LogP contribution in [-0.2, 0) is 0 Å². The first-order chi connectivity index (χ1) is 12.1. The number of hydrogen-bond donors (Lipinski definition) is 0. The molecule has 1 aromatic carbocycles. The lowest BCUT2D eigenvalue weighted by Gasteiger charge is -2.05. The highest BCUT2D eigenvalue weighted by molar-refractivity contribution is 7.11. The van der Waals surface area contributed by atoms with Crippen molar-refractivity contribution in [3.05, 3.63) is 53.9 Å². The predicted octanol–water partition coefficient (Wildman–Crippen LogP) is 3.75. The molecule has 0 fully saturated rings. The average molecular weight is 349 g/mol. The number of nitriles is 1. The number of ketones is 2. The van der Waals surface area contributed by atoms with E-state index in [9.17, 15) is 14.9 Å². The van der Waals surface area contributed by atoms with E-state index in [2.05, 4.69) is 19.6 Å². The summed E-state index contributed by atoms with van der Waals surface area (Å²) in [5, 5.41) is 18.5. The van der Waals surface area contributed by atoms with E-state index in [0.29, 0.717) is 5.00 Å².